The molecule has 6 heteroatoms. The summed E-state index contributed by atoms with van der Waals surface area (Å²) in [6.07, 6.45) is 3.25. The Morgan fingerprint density at radius 2 is 2.47 bits per heavy atom. The summed E-state index contributed by atoms with van der Waals surface area (Å²) in [7, 11) is 0. The third-order valence-corrected chi connectivity index (χ3v) is 3.06. The number of nitrogens with one attached hydrogen (secondary N) is 1. The summed E-state index contributed by atoms with van der Waals surface area (Å²) in [5.41, 5.74) is 5.45. The zero-order valence-corrected chi connectivity index (χ0v) is 9.99. The van der Waals surface area contributed by atoms with Gasteiger partial charge in [0.2, 0.25) is 5.95 Å². The lowest BCUT2D eigenvalue weighted by Crippen LogP contribution is -2.42. The van der Waals surface area contributed by atoms with Gasteiger partial charge in [-0.3, -0.25) is 0 Å². The van der Waals surface area contributed by atoms with Gasteiger partial charge in [0.15, 0.2) is 11.6 Å². The van der Waals surface area contributed by atoms with Gasteiger partial charge in [-0.15, -0.1) is 0 Å². The first kappa shape index (κ1) is 12.0. The second-order valence-corrected chi connectivity index (χ2v) is 4.30. The first-order valence-electron chi connectivity index (χ1n) is 5.96. The molecule has 17 heavy (non-hydrogen) atoms. The van der Waals surface area contributed by atoms with Crippen LogP contribution in [0.25, 0.3) is 0 Å². The molecule has 1 aromatic heterocycles. The number of likely N-dealkylation sites (tertiary alicyclic amines) is 1. The Balaban J connectivity index is 2.02. The van der Waals surface area contributed by atoms with E-state index in [0.717, 1.165) is 38.7 Å². The molecular weight excluding hydrogens is 221 g/mol. The highest BCUT2D eigenvalue weighted by Gasteiger charge is 2.20. The van der Waals surface area contributed by atoms with Crippen molar-refractivity contribution in [2.45, 2.75) is 25.8 Å². The Bertz CT molecular complexity index is 384. The maximum Gasteiger partial charge on any atom is 0.222 e. The van der Waals surface area contributed by atoms with E-state index < -0.39 is 5.82 Å². The molecule has 1 atom stereocenters. The first-order valence-corrected chi connectivity index (χ1v) is 5.96. The third kappa shape index (κ3) is 3.03. The van der Waals surface area contributed by atoms with Crippen molar-refractivity contribution in [2.75, 3.05) is 30.7 Å². The summed E-state index contributed by atoms with van der Waals surface area (Å²) >= 11 is 0. The molecule has 0 radical (unpaired) electrons. The Labute approximate surface area is 100 Å². The van der Waals surface area contributed by atoms with Crippen LogP contribution in [-0.2, 0) is 0 Å². The fourth-order valence-corrected chi connectivity index (χ4v) is 2.14. The smallest absolute Gasteiger partial charge is 0.222 e. The molecule has 1 aliphatic heterocycles. The summed E-state index contributed by atoms with van der Waals surface area (Å²) in [4.78, 5) is 9.82. The normalized spacial score (nSPS) is 21.4. The van der Waals surface area contributed by atoms with E-state index in [0.29, 0.717) is 0 Å². The van der Waals surface area contributed by atoms with Crippen LogP contribution in [-0.4, -0.2) is 40.5 Å². The number of nitrogens with zero attached hydrogens (tertiary/aromatic N) is 3. The number of likely N-dealkylation sites (N-methyl/N-ethyl adjacent to an activating group) is 1. The molecule has 0 amide bonds. The molecule has 1 aliphatic rings. The van der Waals surface area contributed by atoms with Crippen molar-refractivity contribution in [3.8, 4) is 0 Å². The van der Waals surface area contributed by atoms with E-state index in [1.54, 1.807) is 0 Å². The average molecular weight is 239 g/mol. The maximum absolute atomic E-state index is 13.4. The zero-order chi connectivity index (χ0) is 12.3. The van der Waals surface area contributed by atoms with Gasteiger partial charge in [-0.05, 0) is 25.9 Å². The van der Waals surface area contributed by atoms with Crippen molar-refractivity contribution in [1.82, 2.24) is 14.9 Å². The van der Waals surface area contributed by atoms with Crippen LogP contribution in [0.15, 0.2) is 6.20 Å². The molecular formula is C11H18FN5. The SMILES string of the molecule is CCN1CCCC(Nc2nc(N)ncc2F)C1. The predicted molar refractivity (Wildman–Crippen MR) is 65.2 cm³/mol. The highest BCUT2D eigenvalue weighted by Crippen LogP contribution is 2.17. The van der Waals surface area contributed by atoms with Gasteiger partial charge in [0.1, 0.15) is 0 Å². The average Bonchev–Trinajstić information content (AvgIpc) is 2.34. The molecule has 0 aliphatic carbocycles. The van der Waals surface area contributed by atoms with Crippen LogP contribution in [0.4, 0.5) is 16.2 Å². The number of anilines is 2. The number of hydrogen-bond donors (Lipinski definition) is 2. The number of aromatic nitrogens is 2. The molecule has 2 heterocycles. The summed E-state index contributed by atoms with van der Waals surface area (Å²) in [6, 6.07) is 0.229. The lowest BCUT2D eigenvalue weighted by Gasteiger charge is -2.32. The van der Waals surface area contributed by atoms with Gasteiger partial charge in [-0.25, -0.2) is 9.37 Å². The van der Waals surface area contributed by atoms with Crippen LogP contribution in [0, 0.1) is 5.82 Å². The van der Waals surface area contributed by atoms with Crippen molar-refractivity contribution >= 4 is 11.8 Å². The topological polar surface area (TPSA) is 67.1 Å². The van der Waals surface area contributed by atoms with E-state index in [1.807, 2.05) is 0 Å². The van der Waals surface area contributed by atoms with E-state index in [1.165, 1.54) is 0 Å². The second-order valence-electron chi connectivity index (χ2n) is 4.30. The molecule has 94 valence electrons. The standard InChI is InChI=1S/C11H18FN5/c1-2-17-5-3-4-8(7-17)15-10-9(12)6-14-11(13)16-10/h6,8H,2-5,7H2,1H3,(H3,13,14,15,16). The lowest BCUT2D eigenvalue weighted by molar-refractivity contribution is 0.226. The molecule has 3 N–H and O–H groups in total. The van der Waals surface area contributed by atoms with Gasteiger partial charge in [0.05, 0.1) is 6.20 Å². The Hall–Kier alpha value is -1.43. The maximum atomic E-state index is 13.4. The summed E-state index contributed by atoms with van der Waals surface area (Å²) in [6.45, 7) is 5.18. The van der Waals surface area contributed by atoms with Gasteiger partial charge >= 0.3 is 0 Å². The minimum Gasteiger partial charge on any atom is -0.368 e. The fraction of sp³-hybridized carbons (Fsp3) is 0.636. The predicted octanol–water partition coefficient (Wildman–Crippen LogP) is 1.09. The summed E-state index contributed by atoms with van der Waals surface area (Å²) < 4.78 is 13.4. The van der Waals surface area contributed by atoms with Crippen LogP contribution in [0.2, 0.25) is 0 Å². The van der Waals surface area contributed by atoms with E-state index in [4.69, 9.17) is 5.73 Å². The Morgan fingerprint density at radius 3 is 3.24 bits per heavy atom. The molecule has 0 bridgehead atoms. The molecule has 1 unspecified atom stereocenters. The van der Waals surface area contributed by atoms with Crippen LogP contribution in [0.3, 0.4) is 0 Å². The van der Waals surface area contributed by atoms with Crippen molar-refractivity contribution < 1.29 is 4.39 Å². The van der Waals surface area contributed by atoms with Gasteiger partial charge in [-0.2, -0.15) is 4.98 Å². The third-order valence-electron chi connectivity index (χ3n) is 3.06. The van der Waals surface area contributed by atoms with E-state index in [9.17, 15) is 4.39 Å². The van der Waals surface area contributed by atoms with Gasteiger partial charge in [0.25, 0.3) is 0 Å². The molecule has 1 aromatic rings. The highest BCUT2D eigenvalue weighted by atomic mass is 19.1. The van der Waals surface area contributed by atoms with Gasteiger partial charge < -0.3 is 16.0 Å². The number of hydrogen-bond acceptors (Lipinski definition) is 5. The van der Waals surface area contributed by atoms with Gasteiger partial charge in [-0.1, -0.05) is 6.92 Å². The van der Waals surface area contributed by atoms with E-state index >= 15 is 0 Å². The van der Waals surface area contributed by atoms with E-state index in [-0.39, 0.29) is 17.8 Å². The number of nitrogen functional groups attached to an aromatic ring is 1. The summed E-state index contributed by atoms with van der Waals surface area (Å²) in [5.74, 6) is -0.148. The second kappa shape index (κ2) is 5.27. The molecule has 1 fully saturated rings. The van der Waals surface area contributed by atoms with Crippen molar-refractivity contribution in [1.29, 1.82) is 0 Å². The number of nitrogens with two attached hydrogens (primary N) is 1. The Kier molecular flexibility index (Phi) is 3.73. The van der Waals surface area contributed by atoms with Crippen LogP contribution in [0.5, 0.6) is 0 Å². The first-order chi connectivity index (χ1) is 8.19. The van der Waals surface area contributed by atoms with Crippen molar-refractivity contribution in [2.24, 2.45) is 0 Å². The minimum absolute atomic E-state index is 0.0945. The van der Waals surface area contributed by atoms with Crippen molar-refractivity contribution in [3.05, 3.63) is 12.0 Å². The monoisotopic (exact) mass is 239 g/mol. The molecule has 0 saturated carbocycles. The number of halogens is 1. The number of piperidine rings is 1. The van der Waals surface area contributed by atoms with Crippen LogP contribution in [0.1, 0.15) is 19.8 Å². The van der Waals surface area contributed by atoms with Crippen LogP contribution < -0.4 is 11.1 Å². The fourth-order valence-electron chi connectivity index (χ4n) is 2.14. The van der Waals surface area contributed by atoms with Gasteiger partial charge in [0, 0.05) is 12.6 Å². The number of rotatable bonds is 3. The molecule has 5 nitrogen and oxygen atoms in total. The molecule has 0 spiro atoms. The van der Waals surface area contributed by atoms with Crippen molar-refractivity contribution in [3.63, 3.8) is 0 Å². The largest absolute Gasteiger partial charge is 0.368 e. The molecule has 2 rings (SSSR count). The Morgan fingerprint density at radius 1 is 1.65 bits per heavy atom. The highest BCUT2D eigenvalue weighted by molar-refractivity contribution is 5.40. The van der Waals surface area contributed by atoms with E-state index in [2.05, 4.69) is 27.1 Å². The summed E-state index contributed by atoms with van der Waals surface area (Å²) in [5, 5.41) is 3.11. The lowest BCUT2D eigenvalue weighted by atomic mass is 10.1. The zero-order valence-electron chi connectivity index (χ0n) is 9.99. The van der Waals surface area contributed by atoms with Crippen LogP contribution >= 0.6 is 0 Å². The molecule has 0 aromatic carbocycles. The quantitative estimate of drug-likeness (QED) is 0.826. The molecule has 1 saturated heterocycles. The minimum atomic E-state index is -0.451.